The maximum Gasteiger partial charge on any atom is 0.252 e. The highest BCUT2D eigenvalue weighted by molar-refractivity contribution is 5.85. The lowest BCUT2D eigenvalue weighted by Crippen LogP contribution is -2.57. The Labute approximate surface area is 131 Å². The molecule has 22 heavy (non-hydrogen) atoms. The second-order valence-electron chi connectivity index (χ2n) is 7.18. The lowest BCUT2D eigenvalue weighted by atomic mass is 9.75. The van der Waals surface area contributed by atoms with E-state index in [-0.39, 0.29) is 17.4 Å². The standard InChI is InChI=1S/C18H24N2O2/c1-19-17(22)16(21)15-8-7-14-12-20(10-9-18(14,15)19)11-13-5-3-2-4-6-13/h2-6,14-16,21H,7-12H2,1H3/t14-,15-,16+,18-/m0/s1. The molecule has 1 N–H and O–H groups in total. The summed E-state index contributed by atoms with van der Waals surface area (Å²) in [6, 6.07) is 10.6. The molecule has 1 aliphatic carbocycles. The quantitative estimate of drug-likeness (QED) is 0.900. The molecular formula is C18H24N2O2. The number of likely N-dealkylation sites (N-methyl/N-ethyl adjacent to an activating group) is 1. The van der Waals surface area contributed by atoms with Crippen LogP contribution >= 0.6 is 0 Å². The Morgan fingerprint density at radius 1 is 1.27 bits per heavy atom. The Kier molecular flexibility index (Phi) is 3.27. The fourth-order valence-corrected chi connectivity index (χ4v) is 5.24. The molecule has 0 unspecified atom stereocenters. The first kappa shape index (κ1) is 14.2. The van der Waals surface area contributed by atoms with Gasteiger partial charge in [0.05, 0.1) is 5.54 Å². The molecule has 1 aromatic rings. The maximum atomic E-state index is 12.2. The van der Waals surface area contributed by atoms with Crippen LogP contribution in [-0.2, 0) is 11.3 Å². The van der Waals surface area contributed by atoms with Crippen LogP contribution in [-0.4, -0.2) is 52.6 Å². The minimum atomic E-state index is -0.768. The third-order valence-electron chi connectivity index (χ3n) is 6.32. The summed E-state index contributed by atoms with van der Waals surface area (Å²) >= 11 is 0. The Balaban J connectivity index is 1.53. The molecule has 3 aliphatic rings. The van der Waals surface area contributed by atoms with Crippen LogP contribution in [0.25, 0.3) is 0 Å². The number of nitrogens with zero attached hydrogens (tertiary/aromatic N) is 2. The highest BCUT2D eigenvalue weighted by Gasteiger charge is 2.64. The van der Waals surface area contributed by atoms with E-state index in [0.29, 0.717) is 5.92 Å². The Morgan fingerprint density at radius 3 is 2.82 bits per heavy atom. The van der Waals surface area contributed by atoms with E-state index in [2.05, 4.69) is 35.2 Å². The molecule has 4 heteroatoms. The Hall–Kier alpha value is -1.39. The van der Waals surface area contributed by atoms with Crippen molar-refractivity contribution in [2.24, 2.45) is 11.8 Å². The van der Waals surface area contributed by atoms with Gasteiger partial charge in [0.1, 0.15) is 6.10 Å². The summed E-state index contributed by atoms with van der Waals surface area (Å²) in [5, 5.41) is 10.3. The molecule has 1 amide bonds. The summed E-state index contributed by atoms with van der Waals surface area (Å²) in [5.74, 6) is 0.584. The van der Waals surface area contributed by atoms with Crippen molar-refractivity contribution in [1.82, 2.24) is 9.80 Å². The molecule has 1 spiro atoms. The monoisotopic (exact) mass is 300 g/mol. The summed E-state index contributed by atoms with van der Waals surface area (Å²) in [5.41, 5.74) is 1.27. The van der Waals surface area contributed by atoms with Gasteiger partial charge >= 0.3 is 0 Å². The van der Waals surface area contributed by atoms with Crippen molar-refractivity contribution in [1.29, 1.82) is 0 Å². The molecule has 0 radical (unpaired) electrons. The van der Waals surface area contributed by atoms with Gasteiger partial charge < -0.3 is 10.0 Å². The van der Waals surface area contributed by atoms with Gasteiger partial charge in [-0.25, -0.2) is 0 Å². The highest BCUT2D eigenvalue weighted by atomic mass is 16.3. The molecule has 0 aromatic heterocycles. The third-order valence-corrected chi connectivity index (χ3v) is 6.32. The van der Waals surface area contributed by atoms with Crippen molar-refractivity contribution in [3.8, 4) is 0 Å². The number of carbonyl (C=O) groups excluding carboxylic acids is 1. The van der Waals surface area contributed by atoms with Gasteiger partial charge in [0, 0.05) is 32.6 Å². The first-order valence-electron chi connectivity index (χ1n) is 8.35. The zero-order valence-corrected chi connectivity index (χ0v) is 13.1. The second-order valence-corrected chi connectivity index (χ2v) is 7.18. The average Bonchev–Trinajstić information content (AvgIpc) is 3.00. The van der Waals surface area contributed by atoms with E-state index in [0.717, 1.165) is 38.9 Å². The predicted molar refractivity (Wildman–Crippen MR) is 84.1 cm³/mol. The number of carbonyl (C=O) groups is 1. The van der Waals surface area contributed by atoms with Crippen LogP contribution in [0.1, 0.15) is 24.8 Å². The number of benzene rings is 1. The number of hydrogen-bond acceptors (Lipinski definition) is 3. The number of likely N-dealkylation sites (tertiary alicyclic amines) is 2. The van der Waals surface area contributed by atoms with Gasteiger partial charge in [-0.2, -0.15) is 0 Å². The van der Waals surface area contributed by atoms with Crippen LogP contribution in [0.3, 0.4) is 0 Å². The summed E-state index contributed by atoms with van der Waals surface area (Å²) in [6.07, 6.45) is 2.34. The lowest BCUT2D eigenvalue weighted by Gasteiger charge is -2.48. The Morgan fingerprint density at radius 2 is 2.05 bits per heavy atom. The molecule has 4 nitrogen and oxygen atoms in total. The minimum absolute atomic E-state index is 0.0637. The molecule has 2 saturated heterocycles. The van der Waals surface area contributed by atoms with Gasteiger partial charge in [-0.05, 0) is 30.7 Å². The van der Waals surface area contributed by atoms with Crippen LogP contribution in [0, 0.1) is 11.8 Å². The lowest BCUT2D eigenvalue weighted by molar-refractivity contribution is -0.137. The highest BCUT2D eigenvalue weighted by Crippen LogP contribution is 2.54. The molecular weight excluding hydrogens is 276 g/mol. The van der Waals surface area contributed by atoms with E-state index in [1.54, 1.807) is 0 Å². The van der Waals surface area contributed by atoms with E-state index < -0.39 is 6.10 Å². The van der Waals surface area contributed by atoms with Crippen LogP contribution in [0.4, 0.5) is 0 Å². The van der Waals surface area contributed by atoms with Crippen LogP contribution in [0.2, 0.25) is 0 Å². The van der Waals surface area contributed by atoms with Crippen LogP contribution in [0.5, 0.6) is 0 Å². The van der Waals surface area contributed by atoms with Gasteiger partial charge in [-0.3, -0.25) is 9.69 Å². The number of hydrogen-bond donors (Lipinski definition) is 1. The number of aliphatic hydroxyl groups is 1. The van der Waals surface area contributed by atoms with E-state index in [9.17, 15) is 9.90 Å². The molecule has 3 fully saturated rings. The van der Waals surface area contributed by atoms with Gasteiger partial charge in [-0.15, -0.1) is 0 Å². The SMILES string of the molecule is CN1C(=O)[C@H](O)[C@@H]2CC[C@H]3CN(Cc4ccccc4)CC[C@]321. The van der Waals surface area contributed by atoms with E-state index in [4.69, 9.17) is 0 Å². The molecule has 4 rings (SSSR count). The molecule has 4 atom stereocenters. The summed E-state index contributed by atoms with van der Waals surface area (Å²) in [4.78, 5) is 16.6. The Bertz CT molecular complexity index is 576. The summed E-state index contributed by atoms with van der Waals surface area (Å²) < 4.78 is 0. The number of rotatable bonds is 2. The fourth-order valence-electron chi connectivity index (χ4n) is 5.24. The largest absolute Gasteiger partial charge is 0.383 e. The zero-order chi connectivity index (χ0) is 15.3. The van der Waals surface area contributed by atoms with Crippen molar-refractivity contribution in [3.05, 3.63) is 35.9 Å². The van der Waals surface area contributed by atoms with E-state index >= 15 is 0 Å². The number of piperidine rings is 1. The smallest absolute Gasteiger partial charge is 0.252 e. The number of aliphatic hydroxyl groups excluding tert-OH is 1. The molecule has 2 heterocycles. The fraction of sp³-hybridized carbons (Fsp3) is 0.611. The average molecular weight is 300 g/mol. The van der Waals surface area contributed by atoms with E-state index in [1.165, 1.54) is 5.56 Å². The van der Waals surface area contributed by atoms with Gasteiger partial charge in [-0.1, -0.05) is 30.3 Å². The molecule has 1 aromatic carbocycles. The topological polar surface area (TPSA) is 43.8 Å². The van der Waals surface area contributed by atoms with Gasteiger partial charge in [0.25, 0.3) is 5.91 Å². The second kappa shape index (κ2) is 5.07. The minimum Gasteiger partial charge on any atom is -0.383 e. The van der Waals surface area contributed by atoms with Crippen molar-refractivity contribution < 1.29 is 9.90 Å². The van der Waals surface area contributed by atoms with Crippen molar-refractivity contribution in [2.75, 3.05) is 20.1 Å². The van der Waals surface area contributed by atoms with E-state index in [1.807, 2.05) is 11.9 Å². The van der Waals surface area contributed by atoms with Crippen LogP contribution < -0.4 is 0 Å². The molecule has 2 aliphatic heterocycles. The van der Waals surface area contributed by atoms with Gasteiger partial charge in [0.2, 0.25) is 0 Å². The molecule has 0 bridgehead atoms. The predicted octanol–water partition coefficient (Wildman–Crippen LogP) is 1.49. The summed E-state index contributed by atoms with van der Waals surface area (Å²) in [7, 11) is 1.90. The number of amides is 1. The normalized spacial score (nSPS) is 38.2. The van der Waals surface area contributed by atoms with Crippen molar-refractivity contribution in [3.63, 3.8) is 0 Å². The van der Waals surface area contributed by atoms with Gasteiger partial charge in [0.15, 0.2) is 0 Å². The zero-order valence-electron chi connectivity index (χ0n) is 13.1. The molecule has 1 saturated carbocycles. The van der Waals surface area contributed by atoms with Crippen molar-refractivity contribution >= 4 is 5.91 Å². The third kappa shape index (κ3) is 1.87. The maximum absolute atomic E-state index is 12.2. The van der Waals surface area contributed by atoms with Crippen LogP contribution in [0.15, 0.2) is 30.3 Å². The first-order valence-corrected chi connectivity index (χ1v) is 8.35. The molecule has 118 valence electrons. The van der Waals surface area contributed by atoms with Crippen molar-refractivity contribution in [2.45, 2.75) is 37.5 Å². The first-order chi connectivity index (χ1) is 10.6. The summed E-state index contributed by atoms with van der Waals surface area (Å²) in [6.45, 7) is 3.03.